The van der Waals surface area contributed by atoms with Crippen molar-refractivity contribution in [1.29, 1.82) is 0 Å². The molecule has 0 N–H and O–H groups in total. The molecule has 0 spiro atoms. The van der Waals surface area contributed by atoms with Crippen LogP contribution in [0.1, 0.15) is 108 Å². The highest BCUT2D eigenvalue weighted by Crippen LogP contribution is 2.35. The number of ether oxygens (including phenoxy) is 2. The van der Waals surface area contributed by atoms with Crippen LogP contribution in [0, 0.1) is 17.3 Å². The first-order valence-corrected chi connectivity index (χ1v) is 12.2. The lowest BCUT2D eigenvalue weighted by atomic mass is 9.75. The van der Waals surface area contributed by atoms with E-state index in [9.17, 15) is 0 Å². The van der Waals surface area contributed by atoms with Crippen molar-refractivity contribution in [3.8, 4) is 0 Å². The van der Waals surface area contributed by atoms with Gasteiger partial charge in [-0.3, -0.25) is 4.68 Å². The van der Waals surface area contributed by atoms with E-state index in [4.69, 9.17) is 9.47 Å². The van der Waals surface area contributed by atoms with Crippen LogP contribution in [0.2, 0.25) is 0 Å². The molecule has 0 saturated heterocycles. The van der Waals surface area contributed by atoms with Crippen LogP contribution in [0.4, 0.5) is 0 Å². The number of nitrogens with zero attached hydrogens (tertiary/aromatic N) is 3. The van der Waals surface area contributed by atoms with E-state index in [1.165, 1.54) is 0 Å². The summed E-state index contributed by atoms with van der Waals surface area (Å²) in [5.41, 5.74) is 0.983. The highest BCUT2D eigenvalue weighted by Gasteiger charge is 2.35. The second-order valence-corrected chi connectivity index (χ2v) is 12.4. The zero-order valence-corrected chi connectivity index (χ0v) is 22.6. The SMILES string of the molecule is CCn1cc(C(C)(C)CC(C)C(C)(C)OCCC(C)C(C)(C)OCCC(C)(C)C)nn1. The Labute approximate surface area is 192 Å². The normalized spacial score (nSPS) is 15.9. The van der Waals surface area contributed by atoms with Crippen LogP contribution in [0.15, 0.2) is 6.20 Å². The van der Waals surface area contributed by atoms with Gasteiger partial charge in [-0.05, 0) is 71.1 Å². The Kier molecular flexibility index (Phi) is 9.77. The van der Waals surface area contributed by atoms with Crippen LogP contribution in [0.25, 0.3) is 0 Å². The zero-order chi connectivity index (χ0) is 24.1. The fourth-order valence-electron chi connectivity index (χ4n) is 3.63. The molecule has 0 bridgehead atoms. The van der Waals surface area contributed by atoms with Crippen molar-refractivity contribution in [2.24, 2.45) is 17.3 Å². The van der Waals surface area contributed by atoms with Gasteiger partial charge in [0, 0.05) is 31.4 Å². The highest BCUT2D eigenvalue weighted by atomic mass is 16.5. The molecule has 0 aliphatic heterocycles. The third-order valence-corrected chi connectivity index (χ3v) is 7.10. The Bertz CT molecular complexity index is 656. The molecular weight excluding hydrogens is 386 g/mol. The van der Waals surface area contributed by atoms with Gasteiger partial charge in [0.25, 0.3) is 0 Å². The molecule has 1 aromatic heterocycles. The molecule has 5 nitrogen and oxygen atoms in total. The van der Waals surface area contributed by atoms with Gasteiger partial charge in [0.15, 0.2) is 0 Å². The first-order valence-electron chi connectivity index (χ1n) is 12.2. The summed E-state index contributed by atoms with van der Waals surface area (Å²) in [6.07, 6.45) is 5.14. The molecular formula is C26H51N3O2. The van der Waals surface area contributed by atoms with Crippen LogP contribution < -0.4 is 0 Å². The number of hydrogen-bond donors (Lipinski definition) is 0. The largest absolute Gasteiger partial charge is 0.375 e. The Hall–Kier alpha value is -0.940. The van der Waals surface area contributed by atoms with Gasteiger partial charge in [-0.2, -0.15) is 0 Å². The van der Waals surface area contributed by atoms with Gasteiger partial charge in [0.1, 0.15) is 0 Å². The first kappa shape index (κ1) is 28.1. The zero-order valence-electron chi connectivity index (χ0n) is 22.6. The van der Waals surface area contributed by atoms with Gasteiger partial charge in [-0.25, -0.2) is 0 Å². The fraction of sp³-hybridized carbons (Fsp3) is 0.923. The molecule has 31 heavy (non-hydrogen) atoms. The van der Waals surface area contributed by atoms with Gasteiger partial charge in [-0.1, -0.05) is 53.7 Å². The van der Waals surface area contributed by atoms with Crippen molar-refractivity contribution < 1.29 is 9.47 Å². The van der Waals surface area contributed by atoms with Gasteiger partial charge in [0.05, 0.1) is 16.9 Å². The number of hydrogen-bond acceptors (Lipinski definition) is 4. The summed E-state index contributed by atoms with van der Waals surface area (Å²) in [4.78, 5) is 0. The van der Waals surface area contributed by atoms with Gasteiger partial charge >= 0.3 is 0 Å². The molecule has 0 amide bonds. The molecule has 0 radical (unpaired) electrons. The number of aryl methyl sites for hydroxylation is 1. The molecule has 0 fully saturated rings. The lowest BCUT2D eigenvalue weighted by Crippen LogP contribution is -2.39. The summed E-state index contributed by atoms with van der Waals surface area (Å²) in [6, 6.07) is 0. The minimum absolute atomic E-state index is 0.0381. The second kappa shape index (κ2) is 10.8. The quantitative estimate of drug-likeness (QED) is 0.346. The van der Waals surface area contributed by atoms with Crippen molar-refractivity contribution in [1.82, 2.24) is 15.0 Å². The van der Waals surface area contributed by atoms with E-state index in [1.54, 1.807) is 0 Å². The molecule has 2 unspecified atom stereocenters. The van der Waals surface area contributed by atoms with E-state index in [-0.39, 0.29) is 16.6 Å². The van der Waals surface area contributed by atoms with Crippen molar-refractivity contribution in [2.45, 2.75) is 126 Å². The molecule has 0 saturated carbocycles. The predicted octanol–water partition coefficient (Wildman–Crippen LogP) is 6.65. The van der Waals surface area contributed by atoms with Crippen LogP contribution in [-0.2, 0) is 21.4 Å². The van der Waals surface area contributed by atoms with E-state index < -0.39 is 0 Å². The van der Waals surface area contributed by atoms with Crippen molar-refractivity contribution >= 4 is 0 Å². The average Bonchev–Trinajstić information content (AvgIpc) is 3.10. The Balaban J connectivity index is 2.55. The van der Waals surface area contributed by atoms with E-state index in [0.717, 1.165) is 44.7 Å². The molecule has 5 heteroatoms. The summed E-state index contributed by atoms with van der Waals surface area (Å²) in [5, 5.41) is 8.62. The van der Waals surface area contributed by atoms with Crippen molar-refractivity contribution in [3.05, 3.63) is 11.9 Å². The van der Waals surface area contributed by atoms with E-state index in [2.05, 4.69) is 99.6 Å². The molecule has 2 atom stereocenters. The third kappa shape index (κ3) is 9.21. The van der Waals surface area contributed by atoms with Crippen molar-refractivity contribution in [3.63, 3.8) is 0 Å². The maximum absolute atomic E-state index is 6.43. The van der Waals surface area contributed by atoms with Gasteiger partial charge in [0.2, 0.25) is 0 Å². The Morgan fingerprint density at radius 2 is 1.42 bits per heavy atom. The van der Waals surface area contributed by atoms with Crippen LogP contribution >= 0.6 is 0 Å². The summed E-state index contributed by atoms with van der Waals surface area (Å²) < 4.78 is 14.6. The van der Waals surface area contributed by atoms with Crippen LogP contribution in [0.3, 0.4) is 0 Å². The lowest BCUT2D eigenvalue weighted by Gasteiger charge is -2.38. The van der Waals surface area contributed by atoms with Gasteiger partial charge in [-0.15, -0.1) is 5.10 Å². The molecule has 182 valence electrons. The molecule has 1 heterocycles. The van der Waals surface area contributed by atoms with E-state index in [1.807, 2.05) is 4.68 Å². The average molecular weight is 438 g/mol. The molecule has 1 rings (SSSR count). The van der Waals surface area contributed by atoms with E-state index >= 15 is 0 Å². The summed E-state index contributed by atoms with van der Waals surface area (Å²) >= 11 is 0. The smallest absolute Gasteiger partial charge is 0.0883 e. The van der Waals surface area contributed by atoms with Crippen LogP contribution in [-0.4, -0.2) is 39.4 Å². The fourth-order valence-corrected chi connectivity index (χ4v) is 3.63. The van der Waals surface area contributed by atoms with Crippen LogP contribution in [0.5, 0.6) is 0 Å². The summed E-state index contributed by atoms with van der Waals surface area (Å²) in [7, 11) is 0. The monoisotopic (exact) mass is 437 g/mol. The maximum atomic E-state index is 6.43. The minimum Gasteiger partial charge on any atom is -0.375 e. The molecule has 1 aromatic rings. The number of rotatable bonds is 13. The lowest BCUT2D eigenvalue weighted by molar-refractivity contribution is -0.0935. The van der Waals surface area contributed by atoms with Gasteiger partial charge < -0.3 is 9.47 Å². The highest BCUT2D eigenvalue weighted by molar-refractivity contribution is 5.09. The Morgan fingerprint density at radius 1 is 0.871 bits per heavy atom. The maximum Gasteiger partial charge on any atom is 0.0883 e. The third-order valence-electron chi connectivity index (χ3n) is 7.10. The second-order valence-electron chi connectivity index (χ2n) is 12.4. The summed E-state index contributed by atoms with van der Waals surface area (Å²) in [5.74, 6) is 0.819. The summed E-state index contributed by atoms with van der Waals surface area (Å²) in [6.45, 7) is 29.2. The predicted molar refractivity (Wildman–Crippen MR) is 130 cm³/mol. The number of aromatic nitrogens is 3. The molecule has 0 aromatic carbocycles. The minimum atomic E-state index is -0.199. The van der Waals surface area contributed by atoms with E-state index in [0.29, 0.717) is 17.3 Å². The topological polar surface area (TPSA) is 49.2 Å². The standard InChI is InChI=1S/C26H51N3O2/c1-13-29-19-22(27-28-29)24(7,8)18-21(3)26(11,12)30-16-14-20(2)25(9,10)31-17-15-23(4,5)6/h19-21H,13-18H2,1-12H3. The van der Waals surface area contributed by atoms with Crippen molar-refractivity contribution in [2.75, 3.05) is 13.2 Å². The Morgan fingerprint density at radius 3 is 1.94 bits per heavy atom. The first-order chi connectivity index (χ1) is 14.0. The molecule has 0 aliphatic carbocycles. The molecule has 0 aliphatic rings.